The van der Waals surface area contributed by atoms with Crippen LogP contribution in [0.25, 0.3) is 0 Å². The van der Waals surface area contributed by atoms with Gasteiger partial charge in [-0.3, -0.25) is 4.79 Å². The number of methoxy groups -OCH3 is 1. The first-order valence-corrected chi connectivity index (χ1v) is 9.64. The van der Waals surface area contributed by atoms with Gasteiger partial charge in [0.25, 0.3) is 5.91 Å². The van der Waals surface area contributed by atoms with Crippen molar-refractivity contribution in [3.63, 3.8) is 0 Å². The Morgan fingerprint density at radius 3 is 2.89 bits per heavy atom. The van der Waals surface area contributed by atoms with E-state index in [-0.39, 0.29) is 24.5 Å². The number of aliphatic hydroxyl groups excluding tert-OH is 1. The van der Waals surface area contributed by atoms with E-state index in [0.717, 1.165) is 37.1 Å². The quantitative estimate of drug-likeness (QED) is 0.772. The summed E-state index contributed by atoms with van der Waals surface area (Å²) in [6.45, 7) is 1.03. The fraction of sp³-hybridized carbons (Fsp3) is 0.550. The molecule has 7 nitrogen and oxygen atoms in total. The number of rotatable bonds is 7. The summed E-state index contributed by atoms with van der Waals surface area (Å²) >= 11 is 0. The van der Waals surface area contributed by atoms with Crippen molar-refractivity contribution in [1.29, 1.82) is 0 Å². The summed E-state index contributed by atoms with van der Waals surface area (Å²) < 4.78 is 7.08. The van der Waals surface area contributed by atoms with E-state index in [1.165, 1.54) is 17.5 Å². The van der Waals surface area contributed by atoms with Gasteiger partial charge in [0.1, 0.15) is 12.4 Å². The molecule has 1 saturated carbocycles. The minimum Gasteiger partial charge on any atom is -0.388 e. The highest BCUT2D eigenvalue weighted by atomic mass is 16.5. The van der Waals surface area contributed by atoms with Crippen LogP contribution in [0.2, 0.25) is 0 Å². The van der Waals surface area contributed by atoms with Crippen molar-refractivity contribution in [3.05, 3.63) is 46.5 Å². The van der Waals surface area contributed by atoms with Crippen molar-refractivity contribution >= 4 is 5.91 Å². The fourth-order valence-electron chi connectivity index (χ4n) is 4.12. The number of hydrogen-bond acceptors (Lipinski definition) is 5. The first-order valence-electron chi connectivity index (χ1n) is 9.64. The SMILES string of the molecule is COCCn1c(CO)nnc1C1CC(NC(=O)c2ccc3c(c2)CCC3)C1. The molecule has 27 heavy (non-hydrogen) atoms. The zero-order valence-corrected chi connectivity index (χ0v) is 15.6. The van der Waals surface area contributed by atoms with Gasteiger partial charge in [0.15, 0.2) is 5.82 Å². The van der Waals surface area contributed by atoms with Crippen LogP contribution in [-0.2, 0) is 30.7 Å². The molecule has 1 aromatic heterocycles. The Morgan fingerprint density at radius 1 is 1.30 bits per heavy atom. The van der Waals surface area contributed by atoms with Gasteiger partial charge in [0.2, 0.25) is 0 Å². The molecule has 7 heteroatoms. The Labute approximate surface area is 158 Å². The maximum absolute atomic E-state index is 12.6. The van der Waals surface area contributed by atoms with E-state index in [1.54, 1.807) is 7.11 Å². The summed E-state index contributed by atoms with van der Waals surface area (Å²) in [5.74, 6) is 1.69. The fourth-order valence-corrected chi connectivity index (χ4v) is 4.12. The van der Waals surface area contributed by atoms with Crippen LogP contribution in [0.15, 0.2) is 18.2 Å². The Balaban J connectivity index is 1.36. The van der Waals surface area contributed by atoms with Crippen LogP contribution in [0.1, 0.15) is 58.3 Å². The minimum absolute atomic E-state index is 0.00467. The van der Waals surface area contributed by atoms with Crippen molar-refractivity contribution in [2.75, 3.05) is 13.7 Å². The third kappa shape index (κ3) is 3.61. The van der Waals surface area contributed by atoms with Crippen molar-refractivity contribution in [1.82, 2.24) is 20.1 Å². The third-order valence-electron chi connectivity index (χ3n) is 5.72. The number of aliphatic hydroxyl groups is 1. The molecule has 0 spiro atoms. The minimum atomic E-state index is -0.137. The van der Waals surface area contributed by atoms with Gasteiger partial charge in [0.05, 0.1) is 6.61 Å². The lowest BCUT2D eigenvalue weighted by atomic mass is 9.79. The van der Waals surface area contributed by atoms with Gasteiger partial charge in [-0.25, -0.2) is 0 Å². The van der Waals surface area contributed by atoms with E-state index >= 15 is 0 Å². The first kappa shape index (κ1) is 18.1. The van der Waals surface area contributed by atoms with Crippen LogP contribution in [0, 0.1) is 0 Å². The lowest BCUT2D eigenvalue weighted by Gasteiger charge is -2.35. The molecule has 144 valence electrons. The molecule has 0 bridgehead atoms. The van der Waals surface area contributed by atoms with Gasteiger partial charge in [-0.1, -0.05) is 6.07 Å². The maximum Gasteiger partial charge on any atom is 0.251 e. The third-order valence-corrected chi connectivity index (χ3v) is 5.72. The number of aryl methyl sites for hydroxylation is 2. The summed E-state index contributed by atoms with van der Waals surface area (Å²) in [4.78, 5) is 12.6. The van der Waals surface area contributed by atoms with Crippen molar-refractivity contribution in [2.45, 2.75) is 57.2 Å². The number of benzene rings is 1. The molecule has 0 unspecified atom stereocenters. The molecule has 0 radical (unpaired) electrons. The number of ether oxygens (including phenoxy) is 1. The van der Waals surface area contributed by atoms with E-state index in [1.807, 2.05) is 16.7 Å². The second-order valence-electron chi connectivity index (χ2n) is 7.45. The summed E-state index contributed by atoms with van der Waals surface area (Å²) in [6.07, 6.45) is 5.07. The van der Waals surface area contributed by atoms with E-state index in [9.17, 15) is 9.90 Å². The second-order valence-corrected chi connectivity index (χ2v) is 7.45. The molecule has 2 aromatic rings. The van der Waals surface area contributed by atoms with Crippen LogP contribution >= 0.6 is 0 Å². The number of carbonyl (C=O) groups is 1. The summed E-state index contributed by atoms with van der Waals surface area (Å²) in [5.41, 5.74) is 3.45. The molecular formula is C20H26N4O3. The Morgan fingerprint density at radius 2 is 2.11 bits per heavy atom. The molecular weight excluding hydrogens is 344 g/mol. The molecule has 1 amide bonds. The highest BCUT2D eigenvalue weighted by Crippen LogP contribution is 2.36. The van der Waals surface area contributed by atoms with Crippen molar-refractivity contribution in [3.8, 4) is 0 Å². The molecule has 2 aliphatic rings. The van der Waals surface area contributed by atoms with Gasteiger partial charge in [-0.05, 0) is 55.4 Å². The number of aromatic nitrogens is 3. The molecule has 0 saturated heterocycles. The molecule has 4 rings (SSSR count). The smallest absolute Gasteiger partial charge is 0.251 e. The van der Waals surface area contributed by atoms with Gasteiger partial charge < -0.3 is 19.7 Å². The van der Waals surface area contributed by atoms with E-state index in [0.29, 0.717) is 19.0 Å². The zero-order chi connectivity index (χ0) is 18.8. The molecule has 1 aromatic carbocycles. The van der Waals surface area contributed by atoms with Gasteiger partial charge in [0, 0.05) is 31.2 Å². The average Bonchev–Trinajstić information content (AvgIpc) is 3.27. The molecule has 0 atom stereocenters. The lowest BCUT2D eigenvalue weighted by Crippen LogP contribution is -2.44. The Bertz CT molecular complexity index is 827. The predicted molar refractivity (Wildman–Crippen MR) is 99.5 cm³/mol. The van der Waals surface area contributed by atoms with Crippen LogP contribution in [-0.4, -0.2) is 45.5 Å². The normalized spacial score (nSPS) is 21.0. The van der Waals surface area contributed by atoms with Gasteiger partial charge in [-0.2, -0.15) is 0 Å². The van der Waals surface area contributed by atoms with Crippen LogP contribution in [0.5, 0.6) is 0 Å². The van der Waals surface area contributed by atoms with E-state index < -0.39 is 0 Å². The molecule has 2 N–H and O–H groups in total. The van der Waals surface area contributed by atoms with Crippen LogP contribution in [0.3, 0.4) is 0 Å². The molecule has 2 aliphatic carbocycles. The van der Waals surface area contributed by atoms with Crippen LogP contribution in [0.4, 0.5) is 0 Å². The van der Waals surface area contributed by atoms with E-state index in [2.05, 4.69) is 21.6 Å². The molecule has 1 fully saturated rings. The number of carbonyl (C=O) groups excluding carboxylic acids is 1. The zero-order valence-electron chi connectivity index (χ0n) is 15.6. The second kappa shape index (κ2) is 7.78. The summed E-state index contributed by atoms with van der Waals surface area (Å²) in [7, 11) is 1.65. The van der Waals surface area contributed by atoms with Gasteiger partial charge in [-0.15, -0.1) is 10.2 Å². The monoisotopic (exact) mass is 370 g/mol. The molecule has 1 heterocycles. The average molecular weight is 370 g/mol. The maximum atomic E-state index is 12.6. The Hall–Kier alpha value is -2.25. The highest BCUT2D eigenvalue weighted by molar-refractivity contribution is 5.94. The lowest BCUT2D eigenvalue weighted by molar-refractivity contribution is 0.0906. The van der Waals surface area contributed by atoms with Crippen molar-refractivity contribution < 1.29 is 14.6 Å². The number of nitrogens with one attached hydrogen (secondary N) is 1. The summed E-state index contributed by atoms with van der Waals surface area (Å²) in [5, 5.41) is 20.9. The van der Waals surface area contributed by atoms with E-state index in [4.69, 9.17) is 4.74 Å². The topological polar surface area (TPSA) is 89.3 Å². The predicted octanol–water partition coefficient (Wildman–Crippen LogP) is 1.58. The number of fused-ring (bicyclic) bond motifs is 1. The van der Waals surface area contributed by atoms with Crippen LogP contribution < -0.4 is 5.32 Å². The molecule has 0 aliphatic heterocycles. The number of amides is 1. The summed E-state index contributed by atoms with van der Waals surface area (Å²) in [6, 6.07) is 6.23. The first-order chi connectivity index (χ1) is 13.2. The number of hydrogen-bond donors (Lipinski definition) is 2. The largest absolute Gasteiger partial charge is 0.388 e. The standard InChI is InChI=1S/C20H26N4O3/c1-27-8-7-24-18(12-25)22-23-19(24)16-10-17(11-16)21-20(26)15-6-5-13-3-2-4-14(13)9-15/h5-6,9,16-17,25H,2-4,7-8,10-12H2,1H3,(H,21,26). The Kier molecular flexibility index (Phi) is 5.22. The van der Waals surface area contributed by atoms with Gasteiger partial charge >= 0.3 is 0 Å². The highest BCUT2D eigenvalue weighted by Gasteiger charge is 2.35. The van der Waals surface area contributed by atoms with Crippen molar-refractivity contribution in [2.24, 2.45) is 0 Å². The number of nitrogens with zero attached hydrogens (tertiary/aromatic N) is 3.